The average molecular weight is 525 g/mol. The highest BCUT2D eigenvalue weighted by Crippen LogP contribution is 2.38. The van der Waals surface area contributed by atoms with Crippen molar-refractivity contribution in [3.63, 3.8) is 0 Å². The molecule has 1 aromatic heterocycles. The molecule has 0 aliphatic carbocycles. The summed E-state index contributed by atoms with van der Waals surface area (Å²) in [4.78, 5) is 17.8. The Morgan fingerprint density at radius 1 is 1.28 bits per heavy atom. The van der Waals surface area contributed by atoms with Gasteiger partial charge in [0.05, 0.1) is 5.57 Å². The lowest BCUT2D eigenvalue weighted by atomic mass is 9.95. The van der Waals surface area contributed by atoms with E-state index in [2.05, 4.69) is 23.8 Å². The van der Waals surface area contributed by atoms with Crippen molar-refractivity contribution in [2.45, 2.75) is 44.5 Å². The molecular weight excluding hydrogens is 496 g/mol. The second-order valence-electron chi connectivity index (χ2n) is 8.27. The van der Waals surface area contributed by atoms with E-state index in [1.165, 1.54) is 0 Å². The van der Waals surface area contributed by atoms with Crippen LogP contribution in [-0.2, 0) is 16.1 Å². The maximum atomic E-state index is 13.1. The number of aromatic nitrogens is 3. The van der Waals surface area contributed by atoms with Crippen LogP contribution in [0.2, 0.25) is 5.02 Å². The van der Waals surface area contributed by atoms with Crippen molar-refractivity contribution in [2.24, 2.45) is 0 Å². The number of hydrogen-bond acceptors (Lipinski definition) is 7. The van der Waals surface area contributed by atoms with E-state index in [4.69, 9.17) is 26.2 Å². The highest BCUT2D eigenvalue weighted by atomic mass is 35.5. The van der Waals surface area contributed by atoms with Gasteiger partial charge in [-0.25, -0.2) is 9.48 Å². The van der Waals surface area contributed by atoms with Gasteiger partial charge in [0.1, 0.15) is 25.0 Å². The summed E-state index contributed by atoms with van der Waals surface area (Å²) in [5.74, 6) is 1.73. The van der Waals surface area contributed by atoms with E-state index in [-0.39, 0.29) is 6.61 Å². The van der Waals surface area contributed by atoms with Crippen molar-refractivity contribution in [1.82, 2.24) is 14.8 Å². The van der Waals surface area contributed by atoms with E-state index in [9.17, 15) is 4.79 Å². The van der Waals surface area contributed by atoms with Crippen molar-refractivity contribution in [2.75, 3.05) is 17.7 Å². The van der Waals surface area contributed by atoms with Crippen LogP contribution in [0.25, 0.3) is 0 Å². The molecule has 0 saturated carbocycles. The summed E-state index contributed by atoms with van der Waals surface area (Å²) in [5, 5.41) is 9.29. The number of ether oxygens (including phenoxy) is 2. The molecule has 9 heteroatoms. The first-order chi connectivity index (χ1) is 17.5. The Kier molecular flexibility index (Phi) is 8.72. The molecule has 2 aromatic carbocycles. The molecule has 0 amide bonds. The number of benzene rings is 2. The fourth-order valence-corrected chi connectivity index (χ4v) is 4.94. The van der Waals surface area contributed by atoms with E-state index < -0.39 is 12.0 Å². The number of carbonyl (C=O) groups excluding carboxylic acids is 1. The molecule has 1 aliphatic heterocycles. The first-order valence-corrected chi connectivity index (χ1v) is 13.2. The number of halogens is 1. The second-order valence-corrected chi connectivity index (χ2v) is 9.74. The monoisotopic (exact) mass is 524 g/mol. The zero-order valence-corrected chi connectivity index (χ0v) is 21.9. The highest BCUT2D eigenvalue weighted by molar-refractivity contribution is 7.99. The zero-order valence-electron chi connectivity index (χ0n) is 20.4. The Morgan fingerprint density at radius 3 is 2.89 bits per heavy atom. The summed E-state index contributed by atoms with van der Waals surface area (Å²) in [6.45, 7) is 8.08. The summed E-state index contributed by atoms with van der Waals surface area (Å²) >= 11 is 7.89. The number of fused-ring (bicyclic) bond motifs is 1. The van der Waals surface area contributed by atoms with Crippen molar-refractivity contribution >= 4 is 35.3 Å². The van der Waals surface area contributed by atoms with Crippen LogP contribution in [0.15, 0.2) is 77.6 Å². The van der Waals surface area contributed by atoms with Crippen LogP contribution >= 0.6 is 23.4 Å². The lowest BCUT2D eigenvalue weighted by Crippen LogP contribution is -2.29. The van der Waals surface area contributed by atoms with Gasteiger partial charge in [0.2, 0.25) is 11.1 Å². The molecule has 1 aliphatic rings. The third-order valence-corrected chi connectivity index (χ3v) is 6.93. The van der Waals surface area contributed by atoms with E-state index in [1.807, 2.05) is 55.5 Å². The standard InChI is InChI=1S/C27H29ClN4O3S/c1-4-6-15-36-27-30-26-29-18(3)23(25(33)34-14-5-2)24(32(26)31-27)19-11-9-12-21(16-19)35-17-20-10-7-8-13-22(20)28/h5,7-13,16,24H,2,4,6,14-15,17H2,1,3H3,(H,29,30,31). The smallest absolute Gasteiger partial charge is 0.338 e. The molecular formula is C27H29ClN4O3S. The minimum Gasteiger partial charge on any atom is -0.489 e. The maximum Gasteiger partial charge on any atom is 0.338 e. The van der Waals surface area contributed by atoms with Crippen LogP contribution in [-0.4, -0.2) is 33.1 Å². The topological polar surface area (TPSA) is 78.3 Å². The summed E-state index contributed by atoms with van der Waals surface area (Å²) < 4.78 is 13.2. The Balaban J connectivity index is 1.68. The Labute approximate surface area is 220 Å². The predicted molar refractivity (Wildman–Crippen MR) is 143 cm³/mol. The largest absolute Gasteiger partial charge is 0.489 e. The molecule has 0 fully saturated rings. The van der Waals surface area contributed by atoms with Crippen LogP contribution in [0.3, 0.4) is 0 Å². The molecule has 36 heavy (non-hydrogen) atoms. The van der Waals surface area contributed by atoms with Crippen LogP contribution < -0.4 is 10.1 Å². The van der Waals surface area contributed by atoms with Gasteiger partial charge >= 0.3 is 5.97 Å². The molecule has 1 atom stereocenters. The number of nitrogens with zero attached hydrogens (tertiary/aromatic N) is 3. The van der Waals surface area contributed by atoms with Gasteiger partial charge in [0.25, 0.3) is 0 Å². The van der Waals surface area contributed by atoms with E-state index >= 15 is 0 Å². The number of nitrogens with one attached hydrogen (secondary N) is 1. The SMILES string of the molecule is C=CCOC(=O)C1=C(C)Nc2nc(SCCCC)nn2C1c1cccc(OCc2ccccc2Cl)c1. The number of unbranched alkanes of at least 4 members (excludes halogenated alkanes) is 1. The first-order valence-electron chi connectivity index (χ1n) is 11.8. The number of hydrogen-bond donors (Lipinski definition) is 1. The summed E-state index contributed by atoms with van der Waals surface area (Å²) in [5.41, 5.74) is 2.85. The summed E-state index contributed by atoms with van der Waals surface area (Å²) in [6.07, 6.45) is 3.72. The van der Waals surface area contributed by atoms with Crippen LogP contribution in [0, 0.1) is 0 Å². The Morgan fingerprint density at radius 2 is 2.11 bits per heavy atom. The first kappa shape index (κ1) is 25.9. The van der Waals surface area contributed by atoms with Crippen molar-refractivity contribution < 1.29 is 14.3 Å². The van der Waals surface area contributed by atoms with Gasteiger partial charge in [-0.05, 0) is 37.1 Å². The summed E-state index contributed by atoms with van der Waals surface area (Å²) in [6, 6.07) is 14.7. The molecule has 188 valence electrons. The van der Waals surface area contributed by atoms with E-state index in [0.717, 1.165) is 29.7 Å². The summed E-state index contributed by atoms with van der Waals surface area (Å²) in [7, 11) is 0. The number of rotatable bonds is 11. The van der Waals surface area contributed by atoms with E-state index in [0.29, 0.717) is 39.8 Å². The number of esters is 1. The molecule has 0 saturated heterocycles. The molecule has 2 heterocycles. The minimum atomic E-state index is -0.532. The fraction of sp³-hybridized carbons (Fsp3) is 0.296. The fourth-order valence-electron chi connectivity index (χ4n) is 3.84. The maximum absolute atomic E-state index is 13.1. The average Bonchev–Trinajstić information content (AvgIpc) is 3.28. The van der Waals surface area contributed by atoms with Crippen LogP contribution in [0.5, 0.6) is 5.75 Å². The normalized spacial score (nSPS) is 14.7. The number of carbonyl (C=O) groups is 1. The molecule has 0 radical (unpaired) electrons. The lowest BCUT2D eigenvalue weighted by molar-refractivity contribution is -0.138. The quantitative estimate of drug-likeness (QED) is 0.134. The number of anilines is 1. The molecule has 4 rings (SSSR count). The van der Waals surface area contributed by atoms with Gasteiger partial charge < -0.3 is 14.8 Å². The van der Waals surface area contributed by atoms with Gasteiger partial charge in [-0.1, -0.05) is 79.7 Å². The molecule has 0 bridgehead atoms. The van der Waals surface area contributed by atoms with Crippen molar-refractivity contribution in [1.29, 1.82) is 0 Å². The second kappa shape index (κ2) is 12.1. The molecule has 7 nitrogen and oxygen atoms in total. The number of allylic oxidation sites excluding steroid dienone is 1. The Hall–Kier alpha value is -3.23. The zero-order chi connectivity index (χ0) is 25.5. The minimum absolute atomic E-state index is 0.117. The van der Waals surface area contributed by atoms with Crippen molar-refractivity contribution in [3.8, 4) is 5.75 Å². The van der Waals surface area contributed by atoms with Gasteiger partial charge in [0, 0.05) is 22.0 Å². The lowest BCUT2D eigenvalue weighted by Gasteiger charge is -2.28. The Bertz CT molecular complexity index is 1270. The predicted octanol–water partition coefficient (Wildman–Crippen LogP) is 6.42. The highest BCUT2D eigenvalue weighted by Gasteiger charge is 2.35. The van der Waals surface area contributed by atoms with Gasteiger partial charge in [0.15, 0.2) is 0 Å². The van der Waals surface area contributed by atoms with Gasteiger partial charge in [-0.3, -0.25) is 0 Å². The third-order valence-electron chi connectivity index (χ3n) is 5.64. The third kappa shape index (κ3) is 5.94. The molecule has 1 unspecified atom stereocenters. The molecule has 1 N–H and O–H groups in total. The van der Waals surface area contributed by atoms with Crippen molar-refractivity contribution in [3.05, 3.63) is 88.6 Å². The molecule has 3 aromatic rings. The van der Waals surface area contributed by atoms with Crippen LogP contribution in [0.4, 0.5) is 5.95 Å². The molecule has 0 spiro atoms. The van der Waals surface area contributed by atoms with E-state index in [1.54, 1.807) is 22.5 Å². The number of thioether (sulfide) groups is 1. The van der Waals surface area contributed by atoms with Crippen LogP contribution in [0.1, 0.15) is 43.9 Å². The van der Waals surface area contributed by atoms with Gasteiger partial charge in [-0.15, -0.1) is 5.10 Å². The van der Waals surface area contributed by atoms with Gasteiger partial charge in [-0.2, -0.15) is 4.98 Å².